The number of aryl methyl sites for hydroxylation is 2. The number of benzene rings is 7. The van der Waals surface area contributed by atoms with Gasteiger partial charge in [-0.3, -0.25) is 0 Å². The summed E-state index contributed by atoms with van der Waals surface area (Å²) in [5.41, 5.74) is 15.9. The van der Waals surface area contributed by atoms with Crippen LogP contribution in [0.5, 0.6) is 0 Å². The van der Waals surface area contributed by atoms with Crippen LogP contribution in [0.25, 0.3) is 94.6 Å². The summed E-state index contributed by atoms with van der Waals surface area (Å²) in [6.45, 7) is 4.26. The van der Waals surface area contributed by atoms with Gasteiger partial charge >= 0.3 is 0 Å². The van der Waals surface area contributed by atoms with Gasteiger partial charge in [0.2, 0.25) is 0 Å². The second-order valence-electron chi connectivity index (χ2n) is 13.9. The molecule has 7 aromatic carbocycles. The number of allylic oxidation sites excluding steroid dienone is 4. The van der Waals surface area contributed by atoms with E-state index in [1.165, 1.54) is 55.3 Å². The van der Waals surface area contributed by atoms with E-state index < -0.39 is 0 Å². The minimum atomic E-state index is 0.955. The van der Waals surface area contributed by atoms with Gasteiger partial charge in [-0.2, -0.15) is 0 Å². The Labute approximate surface area is 316 Å². The SMILES string of the molecule is C/C=C\C=C(/C)c1cc(-c2nc3ccccc3n2C)ccc1-c1cccc2c(-c3ccc(-c4nc5ccccc5n4C)cc3-c3ccccc3)cccc12. The molecule has 0 saturated heterocycles. The van der Waals surface area contributed by atoms with Crippen LogP contribution in [0.3, 0.4) is 0 Å². The van der Waals surface area contributed by atoms with Crippen LogP contribution in [0, 0.1) is 0 Å². The molecule has 0 bridgehead atoms. The molecular weight excluding hydrogens is 657 g/mol. The van der Waals surface area contributed by atoms with Gasteiger partial charge in [0.25, 0.3) is 0 Å². The van der Waals surface area contributed by atoms with Gasteiger partial charge in [-0.25, -0.2) is 9.97 Å². The molecule has 0 atom stereocenters. The molecule has 54 heavy (non-hydrogen) atoms. The number of aromatic nitrogens is 4. The fourth-order valence-corrected chi connectivity index (χ4v) is 7.94. The van der Waals surface area contributed by atoms with Crippen LogP contribution in [-0.2, 0) is 14.1 Å². The van der Waals surface area contributed by atoms with Crippen molar-refractivity contribution in [2.24, 2.45) is 14.1 Å². The van der Waals surface area contributed by atoms with Crippen LogP contribution >= 0.6 is 0 Å². The molecule has 0 spiro atoms. The highest BCUT2D eigenvalue weighted by Crippen LogP contribution is 2.43. The fraction of sp³-hybridized carbons (Fsp3) is 0.0800. The largest absolute Gasteiger partial charge is 0.327 e. The van der Waals surface area contributed by atoms with Crippen molar-refractivity contribution in [1.29, 1.82) is 0 Å². The first-order valence-corrected chi connectivity index (χ1v) is 18.5. The lowest BCUT2D eigenvalue weighted by Crippen LogP contribution is -1.96. The molecule has 4 nitrogen and oxygen atoms in total. The number of nitrogens with zero attached hydrogens (tertiary/aromatic N) is 4. The monoisotopic (exact) mass is 696 g/mol. The molecule has 0 aliphatic heterocycles. The van der Waals surface area contributed by atoms with E-state index in [9.17, 15) is 0 Å². The van der Waals surface area contributed by atoms with E-state index in [1.807, 2.05) is 12.1 Å². The van der Waals surface area contributed by atoms with E-state index in [0.29, 0.717) is 0 Å². The van der Waals surface area contributed by atoms with Gasteiger partial charge in [-0.05, 0) is 106 Å². The van der Waals surface area contributed by atoms with Crippen molar-refractivity contribution < 1.29 is 0 Å². The summed E-state index contributed by atoms with van der Waals surface area (Å²) < 4.78 is 4.38. The molecule has 2 heterocycles. The van der Waals surface area contributed by atoms with Crippen LogP contribution in [0.15, 0.2) is 170 Å². The Morgan fingerprint density at radius 2 is 1.02 bits per heavy atom. The number of hydrogen-bond acceptors (Lipinski definition) is 2. The highest BCUT2D eigenvalue weighted by Gasteiger charge is 2.19. The average molecular weight is 697 g/mol. The molecule has 0 aliphatic carbocycles. The summed E-state index contributed by atoms with van der Waals surface area (Å²) in [7, 11) is 4.20. The Kier molecular flexibility index (Phi) is 8.36. The van der Waals surface area contributed by atoms with Crippen molar-refractivity contribution in [3.63, 3.8) is 0 Å². The maximum absolute atomic E-state index is 5.05. The maximum Gasteiger partial charge on any atom is 0.140 e. The van der Waals surface area contributed by atoms with E-state index >= 15 is 0 Å². The predicted octanol–water partition coefficient (Wildman–Crippen LogP) is 12.9. The number of fused-ring (bicyclic) bond motifs is 3. The average Bonchev–Trinajstić information content (AvgIpc) is 3.75. The molecule has 0 aliphatic rings. The summed E-state index contributed by atoms with van der Waals surface area (Å²) in [6.07, 6.45) is 6.39. The van der Waals surface area contributed by atoms with E-state index in [2.05, 4.69) is 195 Å². The lowest BCUT2D eigenvalue weighted by atomic mass is 9.86. The van der Waals surface area contributed by atoms with Gasteiger partial charge in [-0.1, -0.05) is 133 Å². The minimum Gasteiger partial charge on any atom is -0.327 e. The summed E-state index contributed by atoms with van der Waals surface area (Å²) in [4.78, 5) is 10.1. The van der Waals surface area contributed by atoms with Crippen molar-refractivity contribution >= 4 is 38.4 Å². The molecule has 0 radical (unpaired) electrons. The first-order chi connectivity index (χ1) is 26.5. The molecule has 9 rings (SSSR count). The molecule has 0 amide bonds. The fourth-order valence-electron chi connectivity index (χ4n) is 7.94. The number of para-hydroxylation sites is 4. The van der Waals surface area contributed by atoms with Gasteiger partial charge in [0.05, 0.1) is 22.1 Å². The second kappa shape index (κ2) is 13.6. The summed E-state index contributed by atoms with van der Waals surface area (Å²) in [5.74, 6) is 1.91. The smallest absolute Gasteiger partial charge is 0.140 e. The zero-order valence-corrected chi connectivity index (χ0v) is 31.0. The summed E-state index contributed by atoms with van der Waals surface area (Å²) in [6, 6.07) is 54.4. The number of imidazole rings is 2. The third-order valence-electron chi connectivity index (χ3n) is 10.7. The Balaban J connectivity index is 1.22. The van der Waals surface area contributed by atoms with Crippen molar-refractivity contribution in [3.05, 3.63) is 175 Å². The zero-order valence-electron chi connectivity index (χ0n) is 31.0. The quantitative estimate of drug-likeness (QED) is 0.156. The normalized spacial score (nSPS) is 12.1. The Morgan fingerprint density at radius 1 is 0.481 bits per heavy atom. The molecule has 0 N–H and O–H groups in total. The standard InChI is InChI=1S/C50H40N4/c1-5-6-16-33(2)43-31-35(49-51-45-23-10-12-25-47(45)53(49)3)27-29-41(43)39-21-14-20-38-37(39)19-15-22-40(38)42-30-28-36(32-44(42)34-17-8-7-9-18-34)50-52-46-24-11-13-26-48(46)54(50)4/h5-32H,1-4H3/b6-5-,33-16+. The van der Waals surface area contributed by atoms with Crippen molar-refractivity contribution in [2.45, 2.75) is 13.8 Å². The Hall–Kier alpha value is -6.78. The summed E-state index contributed by atoms with van der Waals surface area (Å²) >= 11 is 0. The van der Waals surface area contributed by atoms with Crippen molar-refractivity contribution in [3.8, 4) is 56.2 Å². The molecule has 4 heteroatoms. The minimum absolute atomic E-state index is 0.955. The maximum atomic E-state index is 5.05. The van der Waals surface area contributed by atoms with Gasteiger partial charge in [0, 0.05) is 25.2 Å². The number of hydrogen-bond donors (Lipinski definition) is 0. The van der Waals surface area contributed by atoms with Crippen molar-refractivity contribution in [1.82, 2.24) is 19.1 Å². The van der Waals surface area contributed by atoms with E-state index in [1.54, 1.807) is 0 Å². The molecule has 0 fully saturated rings. The molecule has 260 valence electrons. The topological polar surface area (TPSA) is 35.6 Å². The molecule has 0 saturated carbocycles. The van der Waals surface area contributed by atoms with Gasteiger partial charge in [0.15, 0.2) is 0 Å². The summed E-state index contributed by atoms with van der Waals surface area (Å²) in [5, 5.41) is 2.42. The van der Waals surface area contributed by atoms with E-state index in [-0.39, 0.29) is 0 Å². The first kappa shape index (κ1) is 33.1. The van der Waals surface area contributed by atoms with Crippen molar-refractivity contribution in [2.75, 3.05) is 0 Å². The molecule has 0 unspecified atom stereocenters. The first-order valence-electron chi connectivity index (χ1n) is 18.5. The molecular formula is C50H40N4. The van der Waals surface area contributed by atoms with Crippen LogP contribution in [0.4, 0.5) is 0 Å². The third kappa shape index (κ3) is 5.64. The van der Waals surface area contributed by atoms with Gasteiger partial charge < -0.3 is 9.13 Å². The Bertz CT molecular complexity index is 2920. The number of rotatable bonds is 7. The molecule has 9 aromatic rings. The van der Waals surface area contributed by atoms with Crippen LogP contribution in [-0.4, -0.2) is 19.1 Å². The lowest BCUT2D eigenvalue weighted by molar-refractivity contribution is 0.959. The predicted molar refractivity (Wildman–Crippen MR) is 228 cm³/mol. The Morgan fingerprint density at radius 3 is 1.61 bits per heavy atom. The second-order valence-corrected chi connectivity index (χ2v) is 13.9. The lowest BCUT2D eigenvalue weighted by Gasteiger charge is -2.18. The van der Waals surface area contributed by atoms with Crippen LogP contribution < -0.4 is 0 Å². The molecule has 2 aromatic heterocycles. The zero-order chi connectivity index (χ0) is 36.8. The third-order valence-corrected chi connectivity index (χ3v) is 10.7. The van der Waals surface area contributed by atoms with Crippen LogP contribution in [0.1, 0.15) is 19.4 Å². The highest BCUT2D eigenvalue weighted by atomic mass is 15.1. The van der Waals surface area contributed by atoms with Crippen LogP contribution in [0.2, 0.25) is 0 Å². The highest BCUT2D eigenvalue weighted by molar-refractivity contribution is 6.08. The van der Waals surface area contributed by atoms with Gasteiger partial charge in [0.1, 0.15) is 11.6 Å². The van der Waals surface area contributed by atoms with E-state index in [0.717, 1.165) is 44.8 Å². The van der Waals surface area contributed by atoms with Gasteiger partial charge in [-0.15, -0.1) is 0 Å². The van der Waals surface area contributed by atoms with E-state index in [4.69, 9.17) is 9.97 Å².